The van der Waals surface area contributed by atoms with Crippen molar-refractivity contribution in [3.63, 3.8) is 0 Å². The third kappa shape index (κ3) is 7.38. The van der Waals surface area contributed by atoms with Crippen molar-refractivity contribution in [1.82, 2.24) is 19.4 Å². The van der Waals surface area contributed by atoms with E-state index in [1.165, 1.54) is 9.20 Å². The van der Waals surface area contributed by atoms with Gasteiger partial charge in [0.05, 0.1) is 26.9 Å². The van der Waals surface area contributed by atoms with Gasteiger partial charge in [0.25, 0.3) is 0 Å². The van der Waals surface area contributed by atoms with Crippen molar-refractivity contribution in [1.29, 1.82) is 5.41 Å². The Hall–Kier alpha value is -3.48. The van der Waals surface area contributed by atoms with Gasteiger partial charge < -0.3 is 28.4 Å². The molecule has 220 valence electrons. The summed E-state index contributed by atoms with van der Waals surface area (Å²) in [7, 11) is 6.39. The Balaban J connectivity index is 1.95. The van der Waals surface area contributed by atoms with Crippen molar-refractivity contribution in [2.45, 2.75) is 52.2 Å². The number of rotatable bonds is 15. The van der Waals surface area contributed by atoms with E-state index in [1.54, 1.807) is 40.6 Å². The number of nitrogens with one attached hydrogen (secondary N) is 1. The van der Waals surface area contributed by atoms with Crippen LogP contribution in [0.2, 0.25) is 0 Å². The highest BCUT2D eigenvalue weighted by Gasteiger charge is 2.25. The van der Waals surface area contributed by atoms with Crippen LogP contribution in [-0.2, 0) is 26.2 Å². The van der Waals surface area contributed by atoms with Crippen LogP contribution in [0.3, 0.4) is 0 Å². The molecule has 0 atom stereocenters. The van der Waals surface area contributed by atoms with Crippen LogP contribution in [0.4, 0.5) is 0 Å². The predicted molar refractivity (Wildman–Crippen MR) is 148 cm³/mol. The lowest BCUT2D eigenvalue weighted by Crippen LogP contribution is -2.29. The Labute approximate surface area is 234 Å². The summed E-state index contributed by atoms with van der Waals surface area (Å²) >= 11 is 0. The molecule has 1 aromatic carbocycles. The molecular weight excluding hydrogens is 518 g/mol. The second-order valence-corrected chi connectivity index (χ2v) is 10.5. The van der Waals surface area contributed by atoms with E-state index in [0.717, 1.165) is 11.1 Å². The topological polar surface area (TPSA) is 131 Å². The van der Waals surface area contributed by atoms with Gasteiger partial charge in [0.2, 0.25) is 11.5 Å². The molecule has 0 aliphatic heterocycles. The second kappa shape index (κ2) is 13.7. The molecule has 0 fully saturated rings. The first-order valence-corrected chi connectivity index (χ1v) is 13.1. The molecule has 0 aliphatic carbocycles. The summed E-state index contributed by atoms with van der Waals surface area (Å²) in [5.41, 5.74) is 2.09. The first-order valence-electron chi connectivity index (χ1n) is 13.1. The fourth-order valence-corrected chi connectivity index (χ4v) is 4.21. The molecule has 0 amide bonds. The van der Waals surface area contributed by atoms with Crippen LogP contribution >= 0.6 is 0 Å². The Morgan fingerprint density at radius 3 is 2.30 bits per heavy atom. The van der Waals surface area contributed by atoms with Crippen LogP contribution in [0.5, 0.6) is 17.4 Å². The molecule has 2 aromatic heterocycles. The highest BCUT2D eigenvalue weighted by Crippen LogP contribution is 2.40. The number of aromatic nitrogens is 4. The van der Waals surface area contributed by atoms with Gasteiger partial charge in [-0.15, -0.1) is 10.2 Å². The van der Waals surface area contributed by atoms with E-state index in [9.17, 15) is 4.79 Å². The van der Waals surface area contributed by atoms with Gasteiger partial charge in [-0.25, -0.2) is 4.68 Å². The van der Waals surface area contributed by atoms with E-state index in [2.05, 4.69) is 10.2 Å². The third-order valence-corrected chi connectivity index (χ3v) is 6.18. The molecule has 0 unspecified atom stereocenters. The summed E-state index contributed by atoms with van der Waals surface area (Å²) in [5, 5.41) is 17.6. The molecule has 40 heavy (non-hydrogen) atoms. The van der Waals surface area contributed by atoms with Crippen molar-refractivity contribution in [2.75, 3.05) is 54.9 Å². The van der Waals surface area contributed by atoms with E-state index in [1.807, 2.05) is 33.8 Å². The van der Waals surface area contributed by atoms with Crippen LogP contribution in [0.25, 0.3) is 5.65 Å². The van der Waals surface area contributed by atoms with Crippen LogP contribution in [-0.4, -0.2) is 86.1 Å². The first-order chi connectivity index (χ1) is 19.0. The molecule has 0 saturated heterocycles. The van der Waals surface area contributed by atoms with Crippen LogP contribution in [0.15, 0.2) is 18.2 Å². The van der Waals surface area contributed by atoms with Gasteiger partial charge in [0, 0.05) is 57.1 Å². The lowest BCUT2D eigenvalue weighted by atomic mass is 9.84. The number of hydrogen-bond donors (Lipinski definition) is 1. The normalized spacial score (nSPS) is 11.8. The summed E-state index contributed by atoms with van der Waals surface area (Å²) in [5.74, 6) is 1.15. The molecule has 2 heterocycles. The molecule has 0 radical (unpaired) electrons. The van der Waals surface area contributed by atoms with Gasteiger partial charge in [-0.3, -0.25) is 10.2 Å². The predicted octanol–water partition coefficient (Wildman–Crippen LogP) is 2.96. The second-order valence-electron chi connectivity index (χ2n) is 10.5. The first kappa shape index (κ1) is 31.1. The zero-order chi connectivity index (χ0) is 29.4. The molecule has 0 saturated carbocycles. The number of hydrogen-bond acceptors (Lipinski definition) is 10. The van der Waals surface area contributed by atoms with Crippen molar-refractivity contribution < 1.29 is 33.2 Å². The summed E-state index contributed by atoms with van der Waals surface area (Å²) in [6.07, 6.45) is 0.321. The number of carbonyl (C=O) groups is 1. The van der Waals surface area contributed by atoms with Crippen molar-refractivity contribution in [2.24, 2.45) is 0 Å². The van der Waals surface area contributed by atoms with Gasteiger partial charge in [-0.1, -0.05) is 20.8 Å². The van der Waals surface area contributed by atoms with Crippen molar-refractivity contribution in [3.05, 3.63) is 40.5 Å². The molecule has 0 aliphatic rings. The van der Waals surface area contributed by atoms with Crippen LogP contribution in [0.1, 0.15) is 48.7 Å². The molecule has 12 heteroatoms. The summed E-state index contributed by atoms with van der Waals surface area (Å²) in [6, 6.07) is 5.24. The monoisotopic (exact) mass is 559 g/mol. The van der Waals surface area contributed by atoms with Gasteiger partial charge in [0.15, 0.2) is 22.9 Å². The standard InChI is InChI=1S/C28H41N5O7/c1-18-12-24(40-20(16-36-6)17-37-7)30-33-26(18)31-32(27(33)29)15-22(34)19-13-21(28(2,3)4)25(38-8)23(14-19)39-11-9-10-35-5/h12-14,20,29H,9-11,15-17H2,1-8H3. The third-order valence-electron chi connectivity index (χ3n) is 6.18. The van der Waals surface area contributed by atoms with E-state index < -0.39 is 0 Å². The van der Waals surface area contributed by atoms with E-state index in [-0.39, 0.29) is 29.5 Å². The minimum absolute atomic E-state index is 0.0625. The number of ketones is 1. The number of fused-ring (bicyclic) bond motifs is 1. The number of ether oxygens (including phenoxy) is 6. The molecule has 12 nitrogen and oxygen atoms in total. The Bertz CT molecular complexity index is 1350. The lowest BCUT2D eigenvalue weighted by molar-refractivity contribution is 0.0214. The van der Waals surface area contributed by atoms with Gasteiger partial charge >= 0.3 is 0 Å². The quantitative estimate of drug-likeness (QED) is 0.220. The van der Waals surface area contributed by atoms with E-state index in [0.29, 0.717) is 61.4 Å². The smallest absolute Gasteiger partial charge is 0.242 e. The largest absolute Gasteiger partial charge is 0.493 e. The highest BCUT2D eigenvalue weighted by molar-refractivity contribution is 5.97. The number of nitrogens with zero attached hydrogens (tertiary/aromatic N) is 4. The van der Waals surface area contributed by atoms with Gasteiger partial charge in [0.1, 0.15) is 12.6 Å². The minimum atomic E-state index is -0.372. The van der Waals surface area contributed by atoms with Crippen molar-refractivity contribution >= 4 is 11.4 Å². The maximum absolute atomic E-state index is 13.5. The van der Waals surface area contributed by atoms with E-state index >= 15 is 0 Å². The molecular formula is C28H41N5O7. The maximum atomic E-state index is 13.5. The maximum Gasteiger partial charge on any atom is 0.242 e. The number of methoxy groups -OCH3 is 4. The van der Waals surface area contributed by atoms with Crippen LogP contribution in [0, 0.1) is 12.3 Å². The zero-order valence-electron chi connectivity index (χ0n) is 24.7. The average Bonchev–Trinajstić information content (AvgIpc) is 3.21. The fraction of sp³-hybridized carbons (Fsp3) is 0.571. The lowest BCUT2D eigenvalue weighted by Gasteiger charge is -2.25. The number of benzene rings is 1. The van der Waals surface area contributed by atoms with E-state index in [4.69, 9.17) is 33.8 Å². The molecule has 1 N–H and O–H groups in total. The summed E-state index contributed by atoms with van der Waals surface area (Å²) in [4.78, 5) is 13.5. The van der Waals surface area contributed by atoms with Gasteiger partial charge in [-0.05, 0) is 24.5 Å². The number of aryl methyl sites for hydroxylation is 1. The number of carbonyl (C=O) groups excluding carboxylic acids is 1. The summed E-state index contributed by atoms with van der Waals surface area (Å²) in [6.45, 7) is 9.42. The van der Waals surface area contributed by atoms with Gasteiger partial charge in [-0.2, -0.15) is 4.52 Å². The van der Waals surface area contributed by atoms with Crippen LogP contribution < -0.4 is 19.8 Å². The molecule has 0 bridgehead atoms. The highest BCUT2D eigenvalue weighted by atomic mass is 16.6. The molecule has 3 rings (SSSR count). The minimum Gasteiger partial charge on any atom is -0.493 e. The average molecular weight is 560 g/mol. The fourth-order valence-electron chi connectivity index (χ4n) is 4.21. The van der Waals surface area contributed by atoms with Crippen molar-refractivity contribution in [3.8, 4) is 17.4 Å². The molecule has 3 aromatic rings. The zero-order valence-corrected chi connectivity index (χ0v) is 24.7. The Kier molecular flexibility index (Phi) is 10.7. The SMILES string of the molecule is COCCCOc1cc(C(=O)Cn2nc3c(C)cc(OC(COC)COC)nn3c2=N)cc(C(C)(C)C)c1OC. The summed E-state index contributed by atoms with van der Waals surface area (Å²) < 4.78 is 35.8. The molecule has 0 spiro atoms. The number of Topliss-reactive ketones (excluding diaryl/α,β-unsaturated/α-hetero) is 1. The Morgan fingerprint density at radius 1 is 1.00 bits per heavy atom. The Morgan fingerprint density at radius 2 is 1.70 bits per heavy atom.